The average Bonchev–Trinajstić information content (AvgIpc) is 2.61. The first-order valence-electron chi connectivity index (χ1n) is 8.11. The van der Waals surface area contributed by atoms with Crippen LogP contribution in [0.15, 0.2) is 0 Å². The van der Waals surface area contributed by atoms with Crippen molar-refractivity contribution in [3.63, 3.8) is 0 Å². The number of aliphatic hydroxyl groups excluding tert-OH is 5. The van der Waals surface area contributed by atoms with Crippen LogP contribution in [-0.2, 0) is 18.1 Å². The van der Waals surface area contributed by atoms with E-state index in [9.17, 15) is 4.57 Å². The van der Waals surface area contributed by atoms with E-state index < -0.39 is 39.3 Å². The molecule has 0 bridgehead atoms. The molecule has 0 radical (unpaired) electrons. The van der Waals surface area contributed by atoms with Crippen LogP contribution >= 0.6 is 7.82 Å². The topological polar surface area (TPSA) is 146 Å². The van der Waals surface area contributed by atoms with Crippen LogP contribution in [0, 0.1) is 0 Å². The monoisotopic (exact) mass is 376 g/mol. The Kier molecular flexibility index (Phi) is 17.8. The number of phosphoric ester groups is 1. The van der Waals surface area contributed by atoms with Gasteiger partial charge in [0.25, 0.3) is 0 Å². The van der Waals surface area contributed by atoms with Gasteiger partial charge in [-0.25, -0.2) is 4.57 Å². The van der Waals surface area contributed by atoms with Gasteiger partial charge in [-0.2, -0.15) is 0 Å². The van der Waals surface area contributed by atoms with Crippen molar-refractivity contribution in [3.05, 3.63) is 0 Å². The quantitative estimate of drug-likeness (QED) is 0.289. The van der Waals surface area contributed by atoms with Crippen molar-refractivity contribution in [3.8, 4) is 0 Å². The Morgan fingerprint density at radius 3 is 1.25 bits per heavy atom. The summed E-state index contributed by atoms with van der Waals surface area (Å²) in [5, 5.41) is 42.6. The zero-order chi connectivity index (χ0) is 19.0. The van der Waals surface area contributed by atoms with Crippen molar-refractivity contribution >= 4 is 7.82 Å². The van der Waals surface area contributed by atoms with Gasteiger partial charge in [-0.15, -0.1) is 0 Å². The van der Waals surface area contributed by atoms with Gasteiger partial charge in [0.15, 0.2) is 0 Å². The van der Waals surface area contributed by atoms with Gasteiger partial charge < -0.3 is 25.5 Å². The zero-order valence-electron chi connectivity index (χ0n) is 14.7. The molecule has 0 amide bonds. The Hall–Kier alpha value is -0.0900. The summed E-state index contributed by atoms with van der Waals surface area (Å²) in [5.74, 6) is 0. The Bertz CT molecular complexity index is 278. The summed E-state index contributed by atoms with van der Waals surface area (Å²) < 4.78 is 27.1. The molecule has 0 aliphatic heterocycles. The maximum Gasteiger partial charge on any atom is 0.474 e. The number of aliphatic hydroxyl groups is 5. The highest BCUT2D eigenvalue weighted by atomic mass is 31.2. The van der Waals surface area contributed by atoms with E-state index in [4.69, 9.17) is 39.1 Å². The second-order valence-electron chi connectivity index (χ2n) is 4.94. The van der Waals surface area contributed by atoms with Gasteiger partial charge in [-0.1, -0.05) is 20.8 Å². The second kappa shape index (κ2) is 16.4. The standard InChI is InChI=1S/C9H21O4P.C5H12O5/c1-4-7-11-14(10,12-8-5-2)13-9-6-3;6-1-3(8)5(10)4(9)2-7/h4-9H2,1-3H3;3-10H,1-2H2. The van der Waals surface area contributed by atoms with E-state index >= 15 is 0 Å². The van der Waals surface area contributed by atoms with E-state index in [1.807, 2.05) is 20.8 Å². The Morgan fingerprint density at radius 2 is 1.04 bits per heavy atom. The Balaban J connectivity index is 0. The minimum absolute atomic E-state index is 0.407. The van der Waals surface area contributed by atoms with Crippen molar-refractivity contribution in [2.45, 2.75) is 58.3 Å². The number of phosphoric acid groups is 1. The Morgan fingerprint density at radius 1 is 0.750 bits per heavy atom. The number of hydrogen-bond acceptors (Lipinski definition) is 9. The van der Waals surface area contributed by atoms with Gasteiger partial charge in [0.05, 0.1) is 33.0 Å². The smallest absolute Gasteiger partial charge is 0.394 e. The number of hydrogen-bond donors (Lipinski definition) is 5. The fraction of sp³-hybridized carbons (Fsp3) is 1.00. The molecule has 0 heterocycles. The van der Waals surface area contributed by atoms with Crippen molar-refractivity contribution in [2.75, 3.05) is 33.0 Å². The fourth-order valence-electron chi connectivity index (χ4n) is 1.19. The molecule has 0 saturated carbocycles. The molecule has 148 valence electrons. The van der Waals surface area contributed by atoms with Gasteiger partial charge in [0, 0.05) is 0 Å². The van der Waals surface area contributed by atoms with Crippen LogP contribution in [0.4, 0.5) is 0 Å². The highest BCUT2D eigenvalue weighted by Crippen LogP contribution is 2.49. The third-order valence-electron chi connectivity index (χ3n) is 2.52. The second-order valence-corrected chi connectivity index (χ2v) is 6.61. The lowest BCUT2D eigenvalue weighted by molar-refractivity contribution is -0.0900. The Labute approximate surface area is 143 Å². The molecule has 0 spiro atoms. The van der Waals surface area contributed by atoms with Crippen LogP contribution in [0.2, 0.25) is 0 Å². The van der Waals surface area contributed by atoms with Gasteiger partial charge in [0.2, 0.25) is 0 Å². The lowest BCUT2D eigenvalue weighted by Crippen LogP contribution is -2.41. The third-order valence-corrected chi connectivity index (χ3v) is 4.02. The molecule has 0 aromatic rings. The largest absolute Gasteiger partial charge is 0.474 e. The molecule has 0 aromatic heterocycles. The molecule has 0 rings (SSSR count). The summed E-state index contributed by atoms with van der Waals surface area (Å²) in [6, 6.07) is 0. The maximum absolute atomic E-state index is 11.8. The van der Waals surface area contributed by atoms with E-state index in [0.717, 1.165) is 19.3 Å². The summed E-state index contributed by atoms with van der Waals surface area (Å²) in [6.07, 6.45) is -1.89. The highest BCUT2D eigenvalue weighted by molar-refractivity contribution is 7.48. The van der Waals surface area contributed by atoms with Crippen molar-refractivity contribution in [1.29, 1.82) is 0 Å². The molecule has 0 aromatic carbocycles. The van der Waals surface area contributed by atoms with E-state index in [1.54, 1.807) is 0 Å². The summed E-state index contributed by atoms with van der Waals surface area (Å²) in [5.41, 5.74) is 0. The van der Waals surface area contributed by atoms with Crippen LogP contribution in [-0.4, -0.2) is 76.9 Å². The lowest BCUT2D eigenvalue weighted by Gasteiger charge is -2.19. The van der Waals surface area contributed by atoms with Gasteiger partial charge >= 0.3 is 7.82 Å². The van der Waals surface area contributed by atoms with Crippen LogP contribution < -0.4 is 0 Å². The first-order chi connectivity index (χ1) is 11.3. The van der Waals surface area contributed by atoms with Crippen molar-refractivity contribution in [1.82, 2.24) is 0 Å². The molecule has 2 unspecified atom stereocenters. The van der Waals surface area contributed by atoms with E-state index in [1.165, 1.54) is 0 Å². The molecule has 24 heavy (non-hydrogen) atoms. The molecule has 0 aliphatic carbocycles. The summed E-state index contributed by atoms with van der Waals surface area (Å²) in [4.78, 5) is 0. The van der Waals surface area contributed by atoms with Gasteiger partial charge in [-0.05, 0) is 19.3 Å². The summed E-state index contributed by atoms with van der Waals surface area (Å²) in [7, 11) is -3.27. The first kappa shape index (κ1) is 26.1. The predicted octanol–water partition coefficient (Wildman–Crippen LogP) is 0.428. The molecule has 9 nitrogen and oxygen atoms in total. The SMILES string of the molecule is CCCOP(=O)(OCCC)OCCC.OCC(O)C(O)C(O)CO. The molecule has 10 heteroatoms. The highest BCUT2D eigenvalue weighted by Gasteiger charge is 2.25. The molecule has 0 fully saturated rings. The lowest BCUT2D eigenvalue weighted by atomic mass is 10.1. The van der Waals surface area contributed by atoms with Crippen LogP contribution in [0.1, 0.15) is 40.0 Å². The molecular weight excluding hydrogens is 343 g/mol. The van der Waals surface area contributed by atoms with Crippen LogP contribution in [0.25, 0.3) is 0 Å². The summed E-state index contributed by atoms with van der Waals surface area (Å²) in [6.45, 7) is 5.79. The molecule has 0 saturated heterocycles. The van der Waals surface area contributed by atoms with Gasteiger partial charge in [-0.3, -0.25) is 13.6 Å². The van der Waals surface area contributed by atoms with Crippen LogP contribution in [0.3, 0.4) is 0 Å². The molecule has 5 N–H and O–H groups in total. The van der Waals surface area contributed by atoms with Crippen molar-refractivity contribution < 1.29 is 43.7 Å². The van der Waals surface area contributed by atoms with E-state index in [0.29, 0.717) is 19.8 Å². The maximum atomic E-state index is 11.8. The fourth-order valence-corrected chi connectivity index (χ4v) is 2.64. The molecular formula is C14H33O9P. The van der Waals surface area contributed by atoms with E-state index in [-0.39, 0.29) is 0 Å². The normalized spacial score (nSPS) is 15.3. The van der Waals surface area contributed by atoms with E-state index in [2.05, 4.69) is 0 Å². The molecule has 0 aliphatic rings. The minimum Gasteiger partial charge on any atom is -0.394 e. The van der Waals surface area contributed by atoms with Gasteiger partial charge in [0.1, 0.15) is 18.3 Å². The minimum atomic E-state index is -3.27. The zero-order valence-corrected chi connectivity index (χ0v) is 15.6. The average molecular weight is 376 g/mol. The number of rotatable bonds is 13. The molecule has 2 atom stereocenters. The van der Waals surface area contributed by atoms with Crippen molar-refractivity contribution in [2.24, 2.45) is 0 Å². The first-order valence-corrected chi connectivity index (χ1v) is 9.57. The third kappa shape index (κ3) is 13.2. The van der Waals surface area contributed by atoms with Crippen LogP contribution in [0.5, 0.6) is 0 Å². The predicted molar refractivity (Wildman–Crippen MR) is 88.5 cm³/mol. The summed E-state index contributed by atoms with van der Waals surface area (Å²) >= 11 is 0.